The standard InChI is InChI=1S/C36H29F3N2O/c37-36(38,39)30-18-15-25(16-19-30)32-13-7-8-14-33(32)35(42)40-31-20-17-29-24-41(22-21-28(29)23-31)34(26-9-3-1-4-10-26)27-11-5-2-6-12-27/h1-20,23,34H,21-22,24H2,(H,40,42). The van der Waals surface area contributed by atoms with Crippen molar-refractivity contribution < 1.29 is 18.0 Å². The van der Waals surface area contributed by atoms with Gasteiger partial charge in [-0.3, -0.25) is 9.69 Å². The van der Waals surface area contributed by atoms with Gasteiger partial charge in [-0.1, -0.05) is 97.1 Å². The molecule has 0 saturated carbocycles. The molecule has 0 spiro atoms. The maximum atomic E-state index is 13.4. The van der Waals surface area contributed by atoms with E-state index in [0.29, 0.717) is 22.4 Å². The highest BCUT2D eigenvalue weighted by molar-refractivity contribution is 6.08. The van der Waals surface area contributed by atoms with Gasteiger partial charge >= 0.3 is 6.18 Å². The van der Waals surface area contributed by atoms with Crippen LogP contribution in [0, 0.1) is 0 Å². The number of nitrogens with zero attached hydrogens (tertiary/aromatic N) is 1. The first-order chi connectivity index (χ1) is 20.4. The molecule has 6 heteroatoms. The fourth-order valence-corrected chi connectivity index (χ4v) is 5.73. The first kappa shape index (κ1) is 27.5. The Morgan fingerprint density at radius 2 is 1.33 bits per heavy atom. The predicted molar refractivity (Wildman–Crippen MR) is 160 cm³/mol. The molecule has 3 nitrogen and oxygen atoms in total. The van der Waals surface area contributed by atoms with E-state index >= 15 is 0 Å². The van der Waals surface area contributed by atoms with Crippen LogP contribution in [0.3, 0.4) is 0 Å². The molecule has 1 heterocycles. The number of amides is 1. The average molecular weight is 563 g/mol. The minimum absolute atomic E-state index is 0.140. The molecule has 42 heavy (non-hydrogen) atoms. The van der Waals surface area contributed by atoms with Crippen molar-refractivity contribution in [1.29, 1.82) is 0 Å². The van der Waals surface area contributed by atoms with Crippen LogP contribution in [0.25, 0.3) is 11.1 Å². The number of fused-ring (bicyclic) bond motifs is 1. The molecule has 0 unspecified atom stereocenters. The molecular weight excluding hydrogens is 533 g/mol. The lowest BCUT2D eigenvalue weighted by atomic mass is 9.92. The lowest BCUT2D eigenvalue weighted by molar-refractivity contribution is -0.137. The third kappa shape index (κ3) is 5.85. The average Bonchev–Trinajstić information content (AvgIpc) is 3.02. The summed E-state index contributed by atoms with van der Waals surface area (Å²) < 4.78 is 39.1. The molecule has 5 aromatic rings. The van der Waals surface area contributed by atoms with Crippen LogP contribution in [0.5, 0.6) is 0 Å². The van der Waals surface area contributed by atoms with Crippen molar-refractivity contribution in [2.75, 3.05) is 11.9 Å². The highest BCUT2D eigenvalue weighted by atomic mass is 19.4. The van der Waals surface area contributed by atoms with Gasteiger partial charge in [-0.05, 0) is 70.1 Å². The van der Waals surface area contributed by atoms with Crippen LogP contribution in [-0.4, -0.2) is 17.4 Å². The van der Waals surface area contributed by atoms with Crippen LogP contribution >= 0.6 is 0 Å². The Balaban J connectivity index is 1.21. The predicted octanol–water partition coefficient (Wildman–Crippen LogP) is 8.77. The maximum Gasteiger partial charge on any atom is 0.416 e. The van der Waals surface area contributed by atoms with Gasteiger partial charge in [-0.25, -0.2) is 0 Å². The van der Waals surface area contributed by atoms with Gasteiger partial charge in [0.05, 0.1) is 11.6 Å². The second-order valence-electron chi connectivity index (χ2n) is 10.5. The number of nitrogens with one attached hydrogen (secondary N) is 1. The molecule has 0 aliphatic carbocycles. The minimum Gasteiger partial charge on any atom is -0.322 e. The van der Waals surface area contributed by atoms with E-state index < -0.39 is 11.7 Å². The number of hydrogen-bond acceptors (Lipinski definition) is 2. The van der Waals surface area contributed by atoms with Gasteiger partial charge in [0.15, 0.2) is 0 Å². The van der Waals surface area contributed by atoms with Gasteiger partial charge in [0.25, 0.3) is 5.91 Å². The second kappa shape index (κ2) is 11.7. The first-order valence-electron chi connectivity index (χ1n) is 13.9. The topological polar surface area (TPSA) is 32.3 Å². The van der Waals surface area contributed by atoms with Crippen LogP contribution in [0.2, 0.25) is 0 Å². The zero-order valence-corrected chi connectivity index (χ0v) is 22.8. The number of halogens is 3. The van der Waals surface area contributed by atoms with Crippen molar-refractivity contribution in [1.82, 2.24) is 4.90 Å². The van der Waals surface area contributed by atoms with Crippen LogP contribution in [0.4, 0.5) is 18.9 Å². The third-order valence-corrected chi connectivity index (χ3v) is 7.80. The molecule has 0 bridgehead atoms. The van der Waals surface area contributed by atoms with E-state index in [9.17, 15) is 18.0 Å². The quantitative estimate of drug-likeness (QED) is 0.224. The van der Waals surface area contributed by atoms with Gasteiger partial charge in [0, 0.05) is 24.3 Å². The zero-order chi connectivity index (χ0) is 29.1. The summed E-state index contributed by atoms with van der Waals surface area (Å²) in [4.78, 5) is 15.8. The van der Waals surface area contributed by atoms with Crippen molar-refractivity contribution >= 4 is 11.6 Å². The number of anilines is 1. The molecule has 5 aromatic carbocycles. The molecule has 0 atom stereocenters. The van der Waals surface area contributed by atoms with Crippen molar-refractivity contribution in [2.45, 2.75) is 25.2 Å². The summed E-state index contributed by atoms with van der Waals surface area (Å²) in [6, 6.07) is 39.1. The van der Waals surface area contributed by atoms with Crippen molar-refractivity contribution in [3.63, 3.8) is 0 Å². The molecule has 6 rings (SSSR count). The molecule has 0 saturated heterocycles. The van der Waals surface area contributed by atoms with Gasteiger partial charge in [-0.15, -0.1) is 0 Å². The van der Waals surface area contributed by atoms with E-state index in [1.807, 2.05) is 24.3 Å². The van der Waals surface area contributed by atoms with E-state index in [1.165, 1.54) is 34.4 Å². The normalized spacial score (nSPS) is 13.5. The molecule has 1 aliphatic heterocycles. The summed E-state index contributed by atoms with van der Waals surface area (Å²) in [6.45, 7) is 1.66. The summed E-state index contributed by atoms with van der Waals surface area (Å²) in [5.41, 5.74) is 6.41. The summed E-state index contributed by atoms with van der Waals surface area (Å²) in [5.74, 6) is -0.309. The SMILES string of the molecule is O=C(Nc1ccc2c(c1)CCN(C(c1ccccc1)c1ccccc1)C2)c1ccccc1-c1ccc(C(F)(F)F)cc1. The highest BCUT2D eigenvalue weighted by Crippen LogP contribution is 2.35. The third-order valence-electron chi connectivity index (χ3n) is 7.80. The summed E-state index contributed by atoms with van der Waals surface area (Å²) in [7, 11) is 0. The van der Waals surface area contributed by atoms with E-state index in [-0.39, 0.29) is 11.9 Å². The molecule has 1 N–H and O–H groups in total. The Kier molecular flexibility index (Phi) is 7.64. The van der Waals surface area contributed by atoms with Gasteiger partial charge in [0.2, 0.25) is 0 Å². The lowest BCUT2D eigenvalue weighted by Gasteiger charge is -2.36. The van der Waals surface area contributed by atoms with Crippen molar-refractivity contribution in [2.24, 2.45) is 0 Å². The van der Waals surface area contributed by atoms with Gasteiger partial charge in [-0.2, -0.15) is 13.2 Å². The van der Waals surface area contributed by atoms with Crippen molar-refractivity contribution in [3.8, 4) is 11.1 Å². The van der Waals surface area contributed by atoms with Crippen molar-refractivity contribution in [3.05, 3.63) is 161 Å². The Labute approximate surface area is 243 Å². The zero-order valence-electron chi connectivity index (χ0n) is 22.8. The molecule has 1 amide bonds. The van der Waals surface area contributed by atoms with E-state index in [4.69, 9.17) is 0 Å². The monoisotopic (exact) mass is 562 g/mol. The first-order valence-corrected chi connectivity index (χ1v) is 13.9. The molecule has 0 fully saturated rings. The fraction of sp³-hybridized carbons (Fsp3) is 0.139. The van der Waals surface area contributed by atoms with Crippen LogP contribution in [0.1, 0.15) is 44.2 Å². The van der Waals surface area contributed by atoms with Crippen LogP contribution in [-0.2, 0) is 19.1 Å². The summed E-state index contributed by atoms with van der Waals surface area (Å²) in [6.07, 6.45) is -3.57. The van der Waals surface area contributed by atoms with Crippen LogP contribution < -0.4 is 5.32 Å². The Bertz CT molecular complexity index is 1640. The van der Waals surface area contributed by atoms with E-state index in [1.54, 1.807) is 24.3 Å². The van der Waals surface area contributed by atoms with Crippen LogP contribution in [0.15, 0.2) is 127 Å². The van der Waals surface area contributed by atoms with E-state index in [0.717, 1.165) is 31.6 Å². The molecule has 1 aliphatic rings. The Hall–Kier alpha value is -4.68. The number of carbonyl (C=O) groups excluding carboxylic acids is 1. The molecule has 210 valence electrons. The molecule has 0 aromatic heterocycles. The summed E-state index contributed by atoms with van der Waals surface area (Å²) in [5, 5.41) is 3.01. The Morgan fingerprint density at radius 1 is 0.714 bits per heavy atom. The lowest BCUT2D eigenvalue weighted by Crippen LogP contribution is -2.34. The number of hydrogen-bond donors (Lipinski definition) is 1. The maximum absolute atomic E-state index is 13.4. The summed E-state index contributed by atoms with van der Waals surface area (Å²) >= 11 is 0. The highest BCUT2D eigenvalue weighted by Gasteiger charge is 2.30. The second-order valence-corrected chi connectivity index (χ2v) is 10.5. The number of benzene rings is 5. The Morgan fingerprint density at radius 3 is 1.98 bits per heavy atom. The number of alkyl halides is 3. The molecular formula is C36H29F3N2O. The largest absolute Gasteiger partial charge is 0.416 e. The number of rotatable bonds is 6. The molecule has 0 radical (unpaired) electrons. The van der Waals surface area contributed by atoms with E-state index in [2.05, 4.69) is 64.8 Å². The number of carbonyl (C=O) groups is 1. The van der Waals surface area contributed by atoms with Gasteiger partial charge in [0.1, 0.15) is 0 Å². The minimum atomic E-state index is -4.41. The van der Waals surface area contributed by atoms with Gasteiger partial charge < -0.3 is 5.32 Å². The smallest absolute Gasteiger partial charge is 0.322 e. The fourth-order valence-electron chi connectivity index (χ4n) is 5.73.